The molecule has 4 N–H and O–H groups in total. The van der Waals surface area contributed by atoms with E-state index in [0.29, 0.717) is 17.9 Å². The maximum atomic E-state index is 12.2. The highest BCUT2D eigenvalue weighted by Gasteiger charge is 2.15. The second-order valence-corrected chi connectivity index (χ2v) is 5.65. The molecule has 8 heteroatoms. The van der Waals surface area contributed by atoms with Gasteiger partial charge in [-0.25, -0.2) is 4.79 Å². The maximum Gasteiger partial charge on any atom is 0.321 e. The van der Waals surface area contributed by atoms with Crippen LogP contribution in [0.25, 0.3) is 0 Å². The lowest BCUT2D eigenvalue weighted by molar-refractivity contribution is 0.225. The number of rotatable bonds is 6. The molecule has 8 nitrogen and oxygen atoms in total. The molecule has 0 bridgehead atoms. The second kappa shape index (κ2) is 8.13. The highest BCUT2D eigenvalue weighted by molar-refractivity contribution is 5.88. The highest BCUT2D eigenvalue weighted by Crippen LogP contribution is 2.18. The number of carbonyl (C=O) groups is 1. The summed E-state index contributed by atoms with van der Waals surface area (Å²) in [5, 5.41) is 28.6. The van der Waals surface area contributed by atoms with Crippen molar-refractivity contribution in [2.75, 3.05) is 11.9 Å². The number of aliphatic hydroxyl groups excluding tert-OH is 1. The van der Waals surface area contributed by atoms with Crippen molar-refractivity contribution in [2.24, 2.45) is 0 Å². The average molecular weight is 353 g/mol. The summed E-state index contributed by atoms with van der Waals surface area (Å²) in [6, 6.07) is 12.5. The Morgan fingerprint density at radius 3 is 2.81 bits per heavy atom. The van der Waals surface area contributed by atoms with Gasteiger partial charge in [0.15, 0.2) is 5.82 Å². The molecule has 0 saturated carbocycles. The van der Waals surface area contributed by atoms with Crippen LogP contribution in [-0.4, -0.2) is 37.6 Å². The number of carbonyl (C=O) groups excluding carboxylic acids is 1. The van der Waals surface area contributed by atoms with E-state index in [9.17, 15) is 15.0 Å². The Morgan fingerprint density at radius 1 is 1.19 bits per heavy atom. The first-order chi connectivity index (χ1) is 12.6. The van der Waals surface area contributed by atoms with Gasteiger partial charge in [-0.1, -0.05) is 18.2 Å². The summed E-state index contributed by atoms with van der Waals surface area (Å²) in [7, 11) is 0. The fourth-order valence-corrected chi connectivity index (χ4v) is 2.46. The predicted octanol–water partition coefficient (Wildman–Crippen LogP) is 1.89. The number of aromatic nitrogens is 3. The lowest BCUT2D eigenvalue weighted by Gasteiger charge is -2.17. The Hall–Kier alpha value is -3.39. The first kappa shape index (κ1) is 17.4. The summed E-state index contributed by atoms with van der Waals surface area (Å²) < 4.78 is 1.66. The first-order valence-electron chi connectivity index (χ1n) is 8.05. The van der Waals surface area contributed by atoms with Crippen LogP contribution in [0.4, 0.5) is 10.6 Å². The molecule has 3 aromatic rings. The van der Waals surface area contributed by atoms with Crippen LogP contribution in [0, 0.1) is 0 Å². The molecule has 0 aliphatic rings. The Balaban J connectivity index is 1.59. The third kappa shape index (κ3) is 4.58. The predicted molar refractivity (Wildman–Crippen MR) is 95.7 cm³/mol. The molecule has 0 saturated heterocycles. The number of pyridine rings is 1. The van der Waals surface area contributed by atoms with E-state index in [1.807, 2.05) is 18.2 Å². The van der Waals surface area contributed by atoms with Gasteiger partial charge < -0.3 is 15.5 Å². The fourth-order valence-electron chi connectivity index (χ4n) is 2.46. The Bertz CT molecular complexity index is 866. The summed E-state index contributed by atoms with van der Waals surface area (Å²) in [5.74, 6) is 0.447. The third-order valence-corrected chi connectivity index (χ3v) is 3.69. The molecule has 134 valence electrons. The number of hydrogen-bond acceptors (Lipinski definition) is 5. The molecule has 26 heavy (non-hydrogen) atoms. The summed E-state index contributed by atoms with van der Waals surface area (Å²) in [6.07, 6.45) is 3.45. The van der Waals surface area contributed by atoms with E-state index in [1.54, 1.807) is 35.3 Å². The Kier molecular flexibility index (Phi) is 5.45. The van der Waals surface area contributed by atoms with Crippen molar-refractivity contribution in [3.05, 3.63) is 72.2 Å². The molecule has 1 aromatic carbocycles. The molecule has 1 unspecified atom stereocenters. The number of amides is 2. The highest BCUT2D eigenvalue weighted by atomic mass is 16.3. The number of nitrogens with zero attached hydrogens (tertiary/aromatic N) is 3. The van der Waals surface area contributed by atoms with E-state index in [2.05, 4.69) is 20.7 Å². The van der Waals surface area contributed by atoms with Crippen molar-refractivity contribution < 1.29 is 15.0 Å². The van der Waals surface area contributed by atoms with Crippen LogP contribution in [0.5, 0.6) is 5.75 Å². The molecule has 0 aliphatic carbocycles. The van der Waals surface area contributed by atoms with Crippen molar-refractivity contribution in [2.45, 2.75) is 12.6 Å². The minimum atomic E-state index is -0.641. The van der Waals surface area contributed by atoms with Crippen molar-refractivity contribution >= 4 is 11.8 Å². The van der Waals surface area contributed by atoms with Crippen molar-refractivity contribution in [3.8, 4) is 5.75 Å². The van der Waals surface area contributed by atoms with Gasteiger partial charge >= 0.3 is 6.03 Å². The van der Waals surface area contributed by atoms with Gasteiger partial charge in [-0.15, -0.1) is 0 Å². The van der Waals surface area contributed by atoms with Crippen LogP contribution in [0.1, 0.15) is 17.3 Å². The summed E-state index contributed by atoms with van der Waals surface area (Å²) in [5.41, 5.74) is 1.46. The molecule has 1 atom stereocenters. The van der Waals surface area contributed by atoms with E-state index in [0.717, 1.165) is 5.69 Å². The van der Waals surface area contributed by atoms with Gasteiger partial charge in [0.1, 0.15) is 5.75 Å². The molecule has 3 rings (SSSR count). The second-order valence-electron chi connectivity index (χ2n) is 5.65. The van der Waals surface area contributed by atoms with E-state index in [4.69, 9.17) is 0 Å². The van der Waals surface area contributed by atoms with Crippen LogP contribution < -0.4 is 10.6 Å². The zero-order chi connectivity index (χ0) is 18.4. The van der Waals surface area contributed by atoms with Gasteiger partial charge in [-0.3, -0.25) is 15.0 Å². The number of urea groups is 1. The van der Waals surface area contributed by atoms with E-state index in [1.165, 1.54) is 12.1 Å². The number of aromatic hydroxyl groups is 1. The normalized spacial score (nSPS) is 11.7. The zero-order valence-electron chi connectivity index (χ0n) is 13.9. The number of aliphatic hydroxyl groups is 1. The van der Waals surface area contributed by atoms with Crippen molar-refractivity contribution in [1.29, 1.82) is 0 Å². The topological polar surface area (TPSA) is 112 Å². The lowest BCUT2D eigenvalue weighted by Crippen LogP contribution is -2.34. The number of nitrogens with one attached hydrogen (secondary N) is 2. The van der Waals surface area contributed by atoms with Crippen LogP contribution in [-0.2, 0) is 6.54 Å². The first-order valence-corrected chi connectivity index (χ1v) is 8.05. The standard InChI is InChI=1S/C18H19N5O3/c24-12-16(13-4-3-6-15(25)10-13)20-18(26)21-17-7-9-23(22-17)11-14-5-1-2-8-19-14/h1-10,16,24-25H,11-12H2,(H2,20,21,22,26). The van der Waals surface area contributed by atoms with E-state index < -0.39 is 12.1 Å². The van der Waals surface area contributed by atoms with Crippen LogP contribution >= 0.6 is 0 Å². The van der Waals surface area contributed by atoms with Gasteiger partial charge in [0, 0.05) is 18.5 Å². The van der Waals surface area contributed by atoms with E-state index in [-0.39, 0.29) is 12.4 Å². The van der Waals surface area contributed by atoms with Gasteiger partial charge in [-0.2, -0.15) is 5.10 Å². The quantitative estimate of drug-likeness (QED) is 0.541. The summed E-state index contributed by atoms with van der Waals surface area (Å²) in [4.78, 5) is 16.4. The molecular weight excluding hydrogens is 334 g/mol. The lowest BCUT2D eigenvalue weighted by atomic mass is 10.1. The Morgan fingerprint density at radius 2 is 2.08 bits per heavy atom. The Labute approximate surface area is 150 Å². The van der Waals surface area contributed by atoms with Crippen LogP contribution in [0.3, 0.4) is 0 Å². The molecular formula is C18H19N5O3. The van der Waals surface area contributed by atoms with Crippen LogP contribution in [0.15, 0.2) is 60.9 Å². The number of anilines is 1. The number of hydrogen-bond donors (Lipinski definition) is 4. The SMILES string of the molecule is O=C(Nc1ccn(Cc2ccccn2)n1)NC(CO)c1cccc(O)c1. The van der Waals surface area contributed by atoms with Gasteiger partial charge in [0.05, 0.1) is 24.9 Å². The molecule has 0 spiro atoms. The zero-order valence-corrected chi connectivity index (χ0v) is 13.9. The number of phenols is 1. The van der Waals surface area contributed by atoms with Crippen LogP contribution in [0.2, 0.25) is 0 Å². The minimum absolute atomic E-state index is 0.0661. The smallest absolute Gasteiger partial charge is 0.321 e. The summed E-state index contributed by atoms with van der Waals surface area (Å²) in [6.45, 7) is 0.192. The average Bonchev–Trinajstić information content (AvgIpc) is 3.07. The summed E-state index contributed by atoms with van der Waals surface area (Å²) >= 11 is 0. The largest absolute Gasteiger partial charge is 0.508 e. The van der Waals surface area contributed by atoms with Crippen molar-refractivity contribution in [1.82, 2.24) is 20.1 Å². The molecule has 2 amide bonds. The van der Waals surface area contributed by atoms with Crippen molar-refractivity contribution in [3.63, 3.8) is 0 Å². The van der Waals surface area contributed by atoms with E-state index >= 15 is 0 Å². The molecule has 2 heterocycles. The fraction of sp³-hybridized carbons (Fsp3) is 0.167. The number of phenolic OH excluding ortho intramolecular Hbond substituents is 1. The minimum Gasteiger partial charge on any atom is -0.508 e. The molecule has 0 fully saturated rings. The third-order valence-electron chi connectivity index (χ3n) is 3.69. The van der Waals surface area contributed by atoms with Gasteiger partial charge in [-0.05, 0) is 29.8 Å². The van der Waals surface area contributed by atoms with Gasteiger partial charge in [0.25, 0.3) is 0 Å². The molecule has 0 aliphatic heterocycles. The maximum absolute atomic E-state index is 12.2. The monoisotopic (exact) mass is 353 g/mol. The molecule has 0 radical (unpaired) electrons. The molecule has 2 aromatic heterocycles. The van der Waals surface area contributed by atoms with Gasteiger partial charge in [0.2, 0.25) is 0 Å². The number of benzene rings is 1.